The van der Waals surface area contributed by atoms with Crippen LogP contribution in [0.5, 0.6) is 0 Å². The predicted octanol–water partition coefficient (Wildman–Crippen LogP) is 17.8. The van der Waals surface area contributed by atoms with Crippen LogP contribution in [0.2, 0.25) is 0 Å². The molecule has 2 heteroatoms. The Morgan fingerprint density at radius 3 is 1.17 bits per heavy atom. The Bertz CT molecular complexity index is 3910. The lowest BCUT2D eigenvalue weighted by Gasteiger charge is -2.29. The van der Waals surface area contributed by atoms with Crippen molar-refractivity contribution in [2.24, 2.45) is 0 Å². The Labute approximate surface area is 371 Å². The van der Waals surface area contributed by atoms with Gasteiger partial charge >= 0.3 is 0 Å². The number of hydrogen-bond acceptors (Lipinski definition) is 2. The van der Waals surface area contributed by atoms with E-state index in [0.717, 1.165) is 35.6 Å². The van der Waals surface area contributed by atoms with Crippen LogP contribution in [-0.4, -0.2) is 0 Å². The van der Waals surface area contributed by atoms with Gasteiger partial charge in [-0.25, -0.2) is 0 Å². The summed E-state index contributed by atoms with van der Waals surface area (Å²) in [7, 11) is 0. The Hall–Kier alpha value is -8.20. The molecule has 64 heavy (non-hydrogen) atoms. The Balaban J connectivity index is 1.06. The van der Waals surface area contributed by atoms with Gasteiger partial charge in [-0.1, -0.05) is 164 Å². The van der Waals surface area contributed by atoms with Gasteiger partial charge in [-0.15, -0.1) is 0 Å². The van der Waals surface area contributed by atoms with Crippen LogP contribution in [0.1, 0.15) is 12.8 Å². The van der Waals surface area contributed by atoms with Crippen molar-refractivity contribution in [3.63, 3.8) is 0 Å². The zero-order valence-electron chi connectivity index (χ0n) is 35.2. The molecule has 0 saturated carbocycles. The highest BCUT2D eigenvalue weighted by molar-refractivity contribution is 6.33. The molecular formula is C62H42N2. The fraction of sp³-hybridized carbons (Fsp3) is 0.0323. The highest BCUT2D eigenvalue weighted by Gasteiger charge is 2.21. The molecule has 0 radical (unpaired) electrons. The molecule has 0 unspecified atom stereocenters. The summed E-state index contributed by atoms with van der Waals surface area (Å²) in [6.45, 7) is 0. The van der Waals surface area contributed by atoms with Gasteiger partial charge in [0.2, 0.25) is 0 Å². The van der Waals surface area contributed by atoms with Crippen molar-refractivity contribution < 1.29 is 0 Å². The lowest BCUT2D eigenvalue weighted by atomic mass is 9.88. The molecule has 0 amide bonds. The largest absolute Gasteiger partial charge is 0.310 e. The lowest BCUT2D eigenvalue weighted by Crippen LogP contribution is -2.16. The molecule has 0 bridgehead atoms. The summed E-state index contributed by atoms with van der Waals surface area (Å²) in [5.74, 6) is 0. The summed E-state index contributed by atoms with van der Waals surface area (Å²) >= 11 is 0. The van der Waals surface area contributed by atoms with Crippen LogP contribution < -0.4 is 9.80 Å². The third-order valence-corrected chi connectivity index (χ3v) is 13.5. The molecule has 0 atom stereocenters. The van der Waals surface area contributed by atoms with E-state index in [-0.39, 0.29) is 0 Å². The first-order valence-electron chi connectivity index (χ1n) is 22.4. The van der Waals surface area contributed by atoms with Crippen LogP contribution in [0.15, 0.2) is 236 Å². The van der Waals surface area contributed by atoms with Crippen LogP contribution in [0.3, 0.4) is 0 Å². The van der Waals surface area contributed by atoms with E-state index in [2.05, 4.69) is 240 Å². The maximum absolute atomic E-state index is 2.48. The average molecular weight is 815 g/mol. The van der Waals surface area contributed by atoms with Crippen LogP contribution in [-0.2, 0) is 0 Å². The van der Waals surface area contributed by atoms with Crippen LogP contribution >= 0.6 is 0 Å². The van der Waals surface area contributed by atoms with E-state index in [1.165, 1.54) is 97.6 Å². The van der Waals surface area contributed by atoms with Crippen molar-refractivity contribution >= 4 is 115 Å². The second-order valence-corrected chi connectivity index (χ2v) is 17.1. The average Bonchev–Trinajstić information content (AvgIpc) is 3.37. The summed E-state index contributed by atoms with van der Waals surface area (Å²) < 4.78 is 0. The highest BCUT2D eigenvalue weighted by Crippen LogP contribution is 2.47. The molecule has 1 aliphatic carbocycles. The second kappa shape index (κ2) is 14.7. The molecule has 0 spiro atoms. The summed E-state index contributed by atoms with van der Waals surface area (Å²) in [6, 6.07) is 78.7. The minimum atomic E-state index is 1.03. The smallest absolute Gasteiger partial charge is 0.0540 e. The third kappa shape index (κ3) is 5.73. The lowest BCUT2D eigenvalue weighted by molar-refractivity contribution is 0.998. The van der Waals surface area contributed by atoms with Gasteiger partial charge in [0.1, 0.15) is 0 Å². The zero-order chi connectivity index (χ0) is 42.1. The van der Waals surface area contributed by atoms with Gasteiger partial charge < -0.3 is 9.80 Å². The number of benzene rings is 12. The maximum atomic E-state index is 2.48. The molecule has 2 nitrogen and oxygen atoms in total. The van der Waals surface area contributed by atoms with Crippen molar-refractivity contribution in [1.82, 2.24) is 0 Å². The molecule has 0 heterocycles. The van der Waals surface area contributed by atoms with E-state index in [9.17, 15) is 0 Å². The van der Waals surface area contributed by atoms with Crippen molar-refractivity contribution in [2.75, 3.05) is 9.80 Å². The van der Waals surface area contributed by atoms with Gasteiger partial charge in [0, 0.05) is 33.5 Å². The number of rotatable bonds is 6. The molecule has 12 aromatic rings. The Morgan fingerprint density at radius 2 is 0.672 bits per heavy atom. The van der Waals surface area contributed by atoms with Crippen molar-refractivity contribution in [1.29, 1.82) is 0 Å². The van der Waals surface area contributed by atoms with Gasteiger partial charge in [0.25, 0.3) is 0 Å². The molecule has 1 aliphatic rings. The molecule has 0 aliphatic heterocycles. The van der Waals surface area contributed by atoms with Gasteiger partial charge in [-0.2, -0.15) is 0 Å². The van der Waals surface area contributed by atoms with E-state index in [0.29, 0.717) is 0 Å². The van der Waals surface area contributed by atoms with E-state index in [1.807, 2.05) is 0 Å². The van der Waals surface area contributed by atoms with Crippen molar-refractivity contribution in [3.05, 3.63) is 236 Å². The maximum Gasteiger partial charge on any atom is 0.0540 e. The number of hydrogen-bond donors (Lipinski definition) is 0. The Morgan fingerprint density at radius 1 is 0.266 bits per heavy atom. The van der Waals surface area contributed by atoms with Crippen LogP contribution in [0, 0.1) is 0 Å². The number of nitrogens with zero attached hydrogens (tertiary/aromatic N) is 2. The third-order valence-electron chi connectivity index (χ3n) is 13.5. The molecule has 0 fully saturated rings. The fourth-order valence-corrected chi connectivity index (χ4v) is 10.7. The molecule has 13 rings (SSSR count). The van der Waals surface area contributed by atoms with Crippen LogP contribution in [0.4, 0.5) is 28.4 Å². The summed E-state index contributed by atoms with van der Waals surface area (Å²) in [5, 5.41) is 20.1. The number of anilines is 5. The minimum Gasteiger partial charge on any atom is -0.310 e. The number of fused-ring (bicyclic) bond motifs is 14. The van der Waals surface area contributed by atoms with Crippen LogP contribution in [0.25, 0.3) is 86.2 Å². The van der Waals surface area contributed by atoms with Crippen molar-refractivity contribution in [3.8, 4) is 0 Å². The number of para-hydroxylation sites is 1. The Kier molecular flexibility index (Phi) is 8.39. The van der Waals surface area contributed by atoms with Gasteiger partial charge in [0.15, 0.2) is 0 Å². The van der Waals surface area contributed by atoms with Gasteiger partial charge in [-0.05, 0) is 155 Å². The van der Waals surface area contributed by atoms with Gasteiger partial charge in [-0.3, -0.25) is 0 Å². The normalized spacial score (nSPS) is 12.9. The second-order valence-electron chi connectivity index (χ2n) is 17.1. The summed E-state index contributed by atoms with van der Waals surface area (Å²) in [4.78, 5) is 4.88. The molecule has 0 N–H and O–H groups in total. The molecular weight excluding hydrogens is 773 g/mol. The molecule has 12 aromatic carbocycles. The quantitative estimate of drug-likeness (QED) is 0.122. The summed E-state index contributed by atoms with van der Waals surface area (Å²) in [6.07, 6.45) is 9.08. The van der Waals surface area contributed by atoms with E-state index >= 15 is 0 Å². The first-order valence-corrected chi connectivity index (χ1v) is 22.4. The van der Waals surface area contributed by atoms with E-state index in [1.54, 1.807) is 0 Å². The summed E-state index contributed by atoms with van der Waals surface area (Å²) in [5.41, 5.74) is 6.98. The van der Waals surface area contributed by atoms with Crippen molar-refractivity contribution in [2.45, 2.75) is 12.8 Å². The highest BCUT2D eigenvalue weighted by atomic mass is 15.2. The topological polar surface area (TPSA) is 6.48 Å². The fourth-order valence-electron chi connectivity index (χ4n) is 10.7. The molecule has 300 valence electrons. The molecule has 0 saturated heterocycles. The standard InChI is InChI=1S/C62H42N2/c1-3-21-43(22-4-1)63(61-31-15-19-41-17-7-9-25-47(41)61)45-33-35-53-55(37-45)49-27-11-13-29-51(49)57-40-60-54-36-34-46(38-56(54)50-28-12-14-30-52(50)58(60)39-59(53)57)64(44-23-5-2-6-24-44)62-32-16-20-42-18-8-10-26-48(42)62/h1,3-5,7-40H,2,6H2. The predicted molar refractivity (Wildman–Crippen MR) is 276 cm³/mol. The van der Waals surface area contributed by atoms with E-state index in [4.69, 9.17) is 0 Å². The van der Waals surface area contributed by atoms with Gasteiger partial charge in [0.05, 0.1) is 11.4 Å². The monoisotopic (exact) mass is 814 g/mol. The first-order chi connectivity index (χ1) is 31.8. The number of allylic oxidation sites excluding steroid dienone is 3. The first kappa shape index (κ1) is 36.5. The zero-order valence-corrected chi connectivity index (χ0v) is 35.2. The minimum absolute atomic E-state index is 1.03. The SMILES string of the molecule is C1=CC(N(c2ccc3c(c2)c2ccccc2c2cc4c5ccc(N(c6ccccc6)c6cccc7ccccc67)cc5c5ccccc5c4cc32)c2cccc3ccccc23)=CCC1. The molecule has 0 aromatic heterocycles. The van der Waals surface area contributed by atoms with E-state index < -0.39 is 0 Å².